The maximum Gasteiger partial charge on any atom is -0.0323 e. The first kappa shape index (κ1) is 39.7. The van der Waals surface area contributed by atoms with Crippen molar-refractivity contribution in [2.75, 3.05) is 0 Å². The minimum Gasteiger partial charge on any atom is -0.0999 e. The Morgan fingerprint density at radius 2 is 0.400 bits per heavy atom. The Balaban J connectivity index is 3.14. The van der Waals surface area contributed by atoms with Crippen LogP contribution in [0, 0.1) is 0 Å². The Labute approximate surface area is 256 Å². The third-order valence-corrected chi connectivity index (χ3v) is 9.27. The molecule has 0 radical (unpaired) electrons. The molecule has 0 fully saturated rings. The van der Waals surface area contributed by atoms with E-state index in [4.69, 9.17) is 0 Å². The molecule has 0 heterocycles. The van der Waals surface area contributed by atoms with Crippen LogP contribution in [0.15, 0.2) is 12.2 Å². The molecule has 0 aromatic rings. The summed E-state index contributed by atoms with van der Waals surface area (Å²) in [5.41, 5.74) is 1.53. The summed E-state index contributed by atoms with van der Waals surface area (Å²) in [5, 5.41) is 0. The van der Waals surface area contributed by atoms with Crippen molar-refractivity contribution in [3.05, 3.63) is 12.2 Å². The highest BCUT2D eigenvalue weighted by Gasteiger charge is 1.99. The SMILES string of the molecule is C=C(CCCCCCCCCCCCCCCCCCC)CCCCCCCCCCCCCCCCCCC. The zero-order chi connectivity index (χ0) is 29.0. The maximum absolute atomic E-state index is 4.38. The van der Waals surface area contributed by atoms with Crippen molar-refractivity contribution in [2.45, 2.75) is 245 Å². The minimum absolute atomic E-state index is 1.29. The lowest BCUT2D eigenvalue weighted by Gasteiger charge is -2.07. The molecule has 0 amide bonds. The normalized spacial score (nSPS) is 11.4. The van der Waals surface area contributed by atoms with Crippen LogP contribution < -0.4 is 0 Å². The second-order valence-corrected chi connectivity index (χ2v) is 13.6. The molecule has 0 aliphatic carbocycles. The summed E-state index contributed by atoms with van der Waals surface area (Å²) < 4.78 is 0. The fourth-order valence-electron chi connectivity index (χ4n) is 6.32. The van der Waals surface area contributed by atoms with Gasteiger partial charge in [0.1, 0.15) is 0 Å². The van der Waals surface area contributed by atoms with E-state index in [-0.39, 0.29) is 0 Å². The number of hydrogen-bond donors (Lipinski definition) is 0. The van der Waals surface area contributed by atoms with Gasteiger partial charge in [0.15, 0.2) is 0 Å². The molecule has 0 atom stereocenters. The average Bonchev–Trinajstić information content (AvgIpc) is 2.96. The molecule has 0 spiro atoms. The first-order valence-corrected chi connectivity index (χ1v) is 19.5. The van der Waals surface area contributed by atoms with Gasteiger partial charge in [-0.05, 0) is 25.7 Å². The second-order valence-electron chi connectivity index (χ2n) is 13.6. The molecule has 0 rings (SSSR count). The molecular weight excluding hydrogens is 480 g/mol. The van der Waals surface area contributed by atoms with E-state index in [1.807, 2.05) is 0 Å². The minimum atomic E-state index is 1.29. The Kier molecular flexibility index (Phi) is 36.5. The molecule has 0 heteroatoms. The molecule has 0 nitrogen and oxygen atoms in total. The van der Waals surface area contributed by atoms with Crippen molar-refractivity contribution in [1.82, 2.24) is 0 Å². The summed E-state index contributed by atoms with van der Waals surface area (Å²) in [6.07, 6.45) is 52.1. The van der Waals surface area contributed by atoms with E-state index in [9.17, 15) is 0 Å². The Hall–Kier alpha value is -0.260. The van der Waals surface area contributed by atoms with Gasteiger partial charge in [-0.2, -0.15) is 0 Å². The van der Waals surface area contributed by atoms with Crippen molar-refractivity contribution in [2.24, 2.45) is 0 Å². The first-order chi connectivity index (χ1) is 19.8. The molecule has 0 aromatic carbocycles. The van der Waals surface area contributed by atoms with Crippen LogP contribution in [0.2, 0.25) is 0 Å². The lowest BCUT2D eigenvalue weighted by molar-refractivity contribution is 0.524. The summed E-state index contributed by atoms with van der Waals surface area (Å²) in [7, 11) is 0. The largest absolute Gasteiger partial charge is 0.0999 e. The fourth-order valence-corrected chi connectivity index (χ4v) is 6.32. The Bertz CT molecular complexity index is 409. The monoisotopic (exact) mass is 561 g/mol. The van der Waals surface area contributed by atoms with Crippen LogP contribution in [0.3, 0.4) is 0 Å². The van der Waals surface area contributed by atoms with Crippen LogP contribution in [0.25, 0.3) is 0 Å². The fraction of sp³-hybridized carbons (Fsp3) is 0.950. The topological polar surface area (TPSA) is 0 Å². The molecular formula is C40H80. The summed E-state index contributed by atoms with van der Waals surface area (Å²) >= 11 is 0. The van der Waals surface area contributed by atoms with Crippen LogP contribution in [-0.4, -0.2) is 0 Å². The van der Waals surface area contributed by atoms with Crippen molar-refractivity contribution < 1.29 is 0 Å². The zero-order valence-corrected chi connectivity index (χ0v) is 28.7. The molecule has 40 heavy (non-hydrogen) atoms. The predicted molar refractivity (Wildman–Crippen MR) is 187 cm³/mol. The third-order valence-electron chi connectivity index (χ3n) is 9.27. The lowest BCUT2D eigenvalue weighted by Crippen LogP contribution is -1.87. The number of rotatable bonds is 36. The van der Waals surface area contributed by atoms with Gasteiger partial charge in [-0.15, -0.1) is 0 Å². The highest BCUT2D eigenvalue weighted by molar-refractivity contribution is 4.93. The van der Waals surface area contributed by atoms with Gasteiger partial charge in [-0.3, -0.25) is 0 Å². The van der Waals surface area contributed by atoms with Crippen molar-refractivity contribution in [1.29, 1.82) is 0 Å². The van der Waals surface area contributed by atoms with Gasteiger partial charge in [0, 0.05) is 0 Å². The summed E-state index contributed by atoms with van der Waals surface area (Å²) in [6, 6.07) is 0. The van der Waals surface area contributed by atoms with Gasteiger partial charge >= 0.3 is 0 Å². The summed E-state index contributed by atoms with van der Waals surface area (Å²) in [6.45, 7) is 8.99. The second kappa shape index (κ2) is 36.8. The van der Waals surface area contributed by atoms with Gasteiger partial charge in [0.05, 0.1) is 0 Å². The smallest absolute Gasteiger partial charge is 0.0323 e. The van der Waals surface area contributed by atoms with E-state index < -0.39 is 0 Å². The van der Waals surface area contributed by atoms with Crippen LogP contribution in [0.4, 0.5) is 0 Å². The quantitative estimate of drug-likeness (QED) is 0.0528. The molecule has 0 saturated carbocycles. The molecule has 0 saturated heterocycles. The van der Waals surface area contributed by atoms with Crippen LogP contribution >= 0.6 is 0 Å². The van der Waals surface area contributed by atoms with Crippen LogP contribution in [-0.2, 0) is 0 Å². The van der Waals surface area contributed by atoms with E-state index in [1.165, 1.54) is 237 Å². The molecule has 0 bridgehead atoms. The molecule has 0 aliphatic heterocycles. The Morgan fingerprint density at radius 1 is 0.250 bits per heavy atom. The van der Waals surface area contributed by atoms with Crippen molar-refractivity contribution in [3.8, 4) is 0 Å². The molecule has 0 unspecified atom stereocenters. The van der Waals surface area contributed by atoms with Gasteiger partial charge in [-0.25, -0.2) is 0 Å². The van der Waals surface area contributed by atoms with E-state index in [0.717, 1.165) is 0 Å². The molecule has 0 N–H and O–H groups in total. The van der Waals surface area contributed by atoms with Gasteiger partial charge in [0.25, 0.3) is 0 Å². The van der Waals surface area contributed by atoms with Gasteiger partial charge < -0.3 is 0 Å². The van der Waals surface area contributed by atoms with E-state index in [1.54, 1.807) is 0 Å². The Morgan fingerprint density at radius 3 is 0.575 bits per heavy atom. The zero-order valence-electron chi connectivity index (χ0n) is 28.7. The maximum atomic E-state index is 4.38. The van der Waals surface area contributed by atoms with Crippen molar-refractivity contribution >= 4 is 0 Å². The van der Waals surface area contributed by atoms with Gasteiger partial charge in [-0.1, -0.05) is 231 Å². The van der Waals surface area contributed by atoms with Crippen molar-refractivity contribution in [3.63, 3.8) is 0 Å². The number of allylic oxidation sites excluding steroid dienone is 1. The number of hydrogen-bond acceptors (Lipinski definition) is 0. The standard InChI is InChI=1S/C40H80/c1-4-6-8-10-12-14-16-18-20-22-24-26-28-30-32-34-36-38-40(3)39-37-35-33-31-29-27-25-23-21-19-17-15-13-11-9-7-5-2/h3-39H2,1-2H3. The van der Waals surface area contributed by atoms with Crippen LogP contribution in [0.1, 0.15) is 245 Å². The van der Waals surface area contributed by atoms with E-state index >= 15 is 0 Å². The summed E-state index contributed by atoms with van der Waals surface area (Å²) in [5.74, 6) is 0. The van der Waals surface area contributed by atoms with Gasteiger partial charge in [0.2, 0.25) is 0 Å². The third kappa shape index (κ3) is 35.8. The highest BCUT2D eigenvalue weighted by Crippen LogP contribution is 2.19. The van der Waals surface area contributed by atoms with Crippen LogP contribution in [0.5, 0.6) is 0 Å². The van der Waals surface area contributed by atoms with E-state index in [0.29, 0.717) is 0 Å². The average molecular weight is 561 g/mol. The lowest BCUT2D eigenvalue weighted by atomic mass is 10.00. The summed E-state index contributed by atoms with van der Waals surface area (Å²) in [4.78, 5) is 0. The predicted octanol–water partition coefficient (Wildman–Crippen LogP) is 15.6. The first-order valence-electron chi connectivity index (χ1n) is 19.5. The van der Waals surface area contributed by atoms with E-state index in [2.05, 4.69) is 20.4 Å². The molecule has 0 aromatic heterocycles. The highest BCUT2D eigenvalue weighted by atomic mass is 14.1. The molecule has 240 valence electrons. The number of unbranched alkanes of at least 4 members (excludes halogenated alkanes) is 32. The molecule has 0 aliphatic rings.